The maximum absolute atomic E-state index is 6.04. The lowest BCUT2D eigenvalue weighted by Crippen LogP contribution is -3.00. The smallest absolute Gasteiger partial charge is 0.501 e. The minimum absolute atomic E-state index is 0. The van der Waals surface area contributed by atoms with Crippen LogP contribution >= 0.6 is 0 Å². The van der Waals surface area contributed by atoms with Gasteiger partial charge in [-0.05, 0) is 55.4 Å². The van der Waals surface area contributed by atoms with Gasteiger partial charge in [-0.3, -0.25) is 0 Å². The summed E-state index contributed by atoms with van der Waals surface area (Å²) in [6.07, 6.45) is 2.08. The first-order valence-electron chi connectivity index (χ1n) is 12.6. The van der Waals surface area contributed by atoms with Gasteiger partial charge in [-0.1, -0.05) is 0 Å². The van der Waals surface area contributed by atoms with Gasteiger partial charge in [0.15, 0.2) is 0 Å². The van der Waals surface area contributed by atoms with Crippen LogP contribution in [0.1, 0.15) is 68.2 Å². The summed E-state index contributed by atoms with van der Waals surface area (Å²) in [5, 5.41) is 0. The summed E-state index contributed by atoms with van der Waals surface area (Å²) in [5.74, 6) is 0. The van der Waals surface area contributed by atoms with Gasteiger partial charge in [-0.2, -0.15) is 0 Å². The topological polar surface area (TPSA) is 55.4 Å². The van der Waals surface area contributed by atoms with Crippen molar-refractivity contribution in [2.75, 3.05) is 65.8 Å². The quantitative estimate of drug-likeness (QED) is 0.161. The lowest BCUT2D eigenvalue weighted by atomic mass is 10.2. The molecule has 0 spiro atoms. The Hall–Kier alpha value is 0.444. The molecule has 0 aromatic carbocycles. The van der Waals surface area contributed by atoms with E-state index in [2.05, 4.69) is 13.8 Å². The van der Waals surface area contributed by atoms with Crippen molar-refractivity contribution in [3.05, 3.63) is 0 Å². The molecule has 196 valence electrons. The second-order valence-electron chi connectivity index (χ2n) is 7.59. The molecule has 0 N–H and O–H groups in total. The fraction of sp³-hybridized carbons (Fsp3) is 1.00. The number of hydrogen-bond acceptors (Lipinski definition) is 6. The molecule has 0 saturated heterocycles. The van der Waals surface area contributed by atoms with Crippen LogP contribution in [0, 0.1) is 0 Å². The second kappa shape index (κ2) is 19.7. The molecule has 0 aromatic heterocycles. The highest BCUT2D eigenvalue weighted by Crippen LogP contribution is 2.23. The molecule has 0 atom stereocenters. The van der Waals surface area contributed by atoms with E-state index in [9.17, 15) is 0 Å². The van der Waals surface area contributed by atoms with Crippen molar-refractivity contribution in [3.8, 4) is 0 Å². The van der Waals surface area contributed by atoms with Crippen LogP contribution in [0.2, 0.25) is 12.1 Å². The molecule has 0 fully saturated rings. The summed E-state index contributed by atoms with van der Waals surface area (Å²) in [6, 6.07) is 1.75. The van der Waals surface area contributed by atoms with Crippen LogP contribution in [0.4, 0.5) is 0 Å². The molecular weight excluding hydrogens is 466 g/mol. The Morgan fingerprint density at radius 2 is 0.719 bits per heavy atom. The van der Waals surface area contributed by atoms with Crippen LogP contribution in [-0.2, 0) is 26.6 Å². The normalized spacial score (nSPS) is 12.8. The molecule has 10 heteroatoms. The van der Waals surface area contributed by atoms with Crippen LogP contribution in [0.15, 0.2) is 0 Å². The van der Waals surface area contributed by atoms with Gasteiger partial charge in [0.05, 0.1) is 26.2 Å². The van der Waals surface area contributed by atoms with Gasteiger partial charge in [-0.25, -0.2) is 0 Å². The van der Waals surface area contributed by atoms with Crippen LogP contribution in [0.3, 0.4) is 0 Å². The molecule has 0 unspecified atom stereocenters. The van der Waals surface area contributed by atoms with Crippen molar-refractivity contribution in [2.24, 2.45) is 0 Å². The van der Waals surface area contributed by atoms with Crippen LogP contribution in [0.25, 0.3) is 0 Å². The summed E-state index contributed by atoms with van der Waals surface area (Å²) in [6.45, 7) is 24.9. The molecule has 0 saturated carbocycles. The van der Waals surface area contributed by atoms with Gasteiger partial charge in [0, 0.05) is 64.6 Å². The summed E-state index contributed by atoms with van der Waals surface area (Å²) >= 11 is 0. The molecule has 0 aromatic rings. The predicted octanol–water partition coefficient (Wildman–Crippen LogP) is 1.72. The van der Waals surface area contributed by atoms with Crippen molar-refractivity contribution in [1.82, 2.24) is 0 Å². The van der Waals surface area contributed by atoms with Crippen molar-refractivity contribution in [3.63, 3.8) is 0 Å². The fourth-order valence-corrected chi connectivity index (χ4v) is 9.42. The van der Waals surface area contributed by atoms with E-state index in [-0.39, 0.29) is 12.4 Å². The van der Waals surface area contributed by atoms with Crippen LogP contribution in [0.5, 0.6) is 0 Å². The van der Waals surface area contributed by atoms with E-state index in [1.54, 1.807) is 0 Å². The predicted molar refractivity (Wildman–Crippen MR) is 131 cm³/mol. The van der Waals surface area contributed by atoms with Gasteiger partial charge < -0.3 is 43.4 Å². The highest BCUT2D eigenvalue weighted by atomic mass is 35.5. The highest BCUT2D eigenvalue weighted by Gasteiger charge is 2.42. The second-order valence-corrected chi connectivity index (χ2v) is 13.1. The van der Waals surface area contributed by atoms with Gasteiger partial charge >= 0.3 is 17.6 Å². The molecule has 0 aliphatic carbocycles. The maximum atomic E-state index is 6.04. The van der Waals surface area contributed by atoms with Gasteiger partial charge in [0.25, 0.3) is 0 Å². The van der Waals surface area contributed by atoms with Gasteiger partial charge in [0.2, 0.25) is 0 Å². The third-order valence-electron chi connectivity index (χ3n) is 5.76. The SMILES string of the molecule is CCO[Si](CCC[N+](CC)(CC)CCC[Si](OCC)(OCC)OCC)(OCC)OCC.[Cl-]. The molecule has 0 amide bonds. The first-order valence-corrected chi connectivity index (χ1v) is 16.4. The molecule has 0 heterocycles. The number of halogens is 1. The van der Waals surface area contributed by atoms with Gasteiger partial charge in [0.1, 0.15) is 0 Å². The Kier molecular flexibility index (Phi) is 21.3. The van der Waals surface area contributed by atoms with Crippen molar-refractivity contribution < 1.29 is 43.4 Å². The Labute approximate surface area is 207 Å². The zero-order valence-electron chi connectivity index (χ0n) is 22.2. The minimum Gasteiger partial charge on any atom is -1.00 e. The van der Waals surface area contributed by atoms with E-state index >= 15 is 0 Å². The van der Waals surface area contributed by atoms with E-state index in [1.165, 1.54) is 0 Å². The Balaban J connectivity index is 0. The standard InChI is InChI=1S/C22H52NO6Si2.ClH/c1-9-23(10-2,19-17-21-30(24-11-3,25-12-4)26-13-5)20-18-22-31(27-14-6,28-15-7)29-16-8;/h9-22H2,1-8H3;1H/q+1;/p-1. The van der Waals surface area contributed by atoms with Crippen molar-refractivity contribution >= 4 is 17.6 Å². The number of rotatable bonds is 22. The molecule has 0 aliphatic rings. The maximum Gasteiger partial charge on any atom is 0.501 e. The monoisotopic (exact) mass is 517 g/mol. The first kappa shape index (κ1) is 34.6. The molecule has 0 aliphatic heterocycles. The van der Waals surface area contributed by atoms with Gasteiger partial charge in [-0.15, -0.1) is 0 Å². The summed E-state index contributed by atoms with van der Waals surface area (Å²) in [4.78, 5) is 0. The zero-order chi connectivity index (χ0) is 23.6. The molecule has 32 heavy (non-hydrogen) atoms. The molecule has 0 radical (unpaired) electrons. The summed E-state index contributed by atoms with van der Waals surface area (Å²) in [5.41, 5.74) is 0. The molecular formula is C22H52ClNO6Si2. The van der Waals surface area contributed by atoms with E-state index in [0.29, 0.717) is 39.6 Å². The van der Waals surface area contributed by atoms with E-state index in [1.807, 2.05) is 41.5 Å². The average molecular weight is 518 g/mol. The van der Waals surface area contributed by atoms with Crippen molar-refractivity contribution in [2.45, 2.75) is 80.3 Å². The Morgan fingerprint density at radius 3 is 0.906 bits per heavy atom. The Morgan fingerprint density at radius 1 is 0.469 bits per heavy atom. The largest absolute Gasteiger partial charge is 1.00 e. The summed E-state index contributed by atoms with van der Waals surface area (Å²) in [7, 11) is -5.15. The molecule has 7 nitrogen and oxygen atoms in total. The molecule has 0 rings (SSSR count). The zero-order valence-corrected chi connectivity index (χ0v) is 24.9. The minimum atomic E-state index is -2.58. The fourth-order valence-electron chi connectivity index (χ4n) is 4.23. The molecule has 0 bridgehead atoms. The van der Waals surface area contributed by atoms with Crippen LogP contribution in [-0.4, -0.2) is 87.9 Å². The third-order valence-corrected chi connectivity index (χ3v) is 12.1. The van der Waals surface area contributed by atoms with E-state index in [4.69, 9.17) is 26.6 Å². The Bertz CT molecular complexity index is 365. The average Bonchev–Trinajstić information content (AvgIpc) is 2.74. The lowest BCUT2D eigenvalue weighted by molar-refractivity contribution is -0.925. The van der Waals surface area contributed by atoms with E-state index < -0.39 is 17.6 Å². The number of hydrogen-bond donors (Lipinski definition) is 0. The van der Waals surface area contributed by atoms with Crippen LogP contribution < -0.4 is 12.4 Å². The third kappa shape index (κ3) is 12.2. The highest BCUT2D eigenvalue weighted by molar-refractivity contribution is 6.61. The summed E-state index contributed by atoms with van der Waals surface area (Å²) < 4.78 is 37.3. The number of quaternary nitrogens is 1. The van der Waals surface area contributed by atoms with E-state index in [0.717, 1.165) is 55.6 Å². The van der Waals surface area contributed by atoms with Crippen molar-refractivity contribution in [1.29, 1.82) is 0 Å². The number of nitrogens with zero attached hydrogens (tertiary/aromatic N) is 1. The lowest BCUT2D eigenvalue weighted by Gasteiger charge is -2.39. The first-order chi connectivity index (χ1) is 14.9.